The van der Waals surface area contributed by atoms with E-state index in [2.05, 4.69) is 15.6 Å². The summed E-state index contributed by atoms with van der Waals surface area (Å²) in [6.07, 6.45) is 0.484. The number of benzene rings is 1. The van der Waals surface area contributed by atoms with Crippen LogP contribution in [0, 0.1) is 5.82 Å². The fourth-order valence-electron chi connectivity index (χ4n) is 1.84. The molecule has 0 aliphatic carbocycles. The Kier molecular flexibility index (Phi) is 2.83. The van der Waals surface area contributed by atoms with Crippen LogP contribution in [-0.4, -0.2) is 24.5 Å². The molecule has 0 radical (unpaired) electrons. The second-order valence-electron chi connectivity index (χ2n) is 4.29. The first-order valence-electron chi connectivity index (χ1n) is 5.34. The fraction of sp³-hybridized carbons (Fsp3) is 0.333. The van der Waals surface area contributed by atoms with Crippen molar-refractivity contribution in [1.29, 1.82) is 0 Å². The van der Waals surface area contributed by atoms with Gasteiger partial charge in [-0.1, -0.05) is 12.1 Å². The Bertz CT molecular complexity index is 469. The molecule has 1 aliphatic rings. The SMILES string of the molecule is CN=C1NC(=O)C(C)(Cc2ccc(F)cc2)N1. The zero-order chi connectivity index (χ0) is 12.5. The summed E-state index contributed by atoms with van der Waals surface area (Å²) in [5.74, 6) is 0.0700. The van der Waals surface area contributed by atoms with Gasteiger partial charge in [-0.05, 0) is 24.6 Å². The molecule has 90 valence electrons. The lowest BCUT2D eigenvalue weighted by molar-refractivity contribution is -0.123. The van der Waals surface area contributed by atoms with Crippen LogP contribution in [0.1, 0.15) is 12.5 Å². The first-order valence-corrected chi connectivity index (χ1v) is 5.34. The number of carbonyl (C=O) groups is 1. The van der Waals surface area contributed by atoms with Crippen molar-refractivity contribution >= 4 is 11.9 Å². The number of hydrogen-bond acceptors (Lipinski definition) is 2. The minimum atomic E-state index is -0.729. The monoisotopic (exact) mass is 235 g/mol. The van der Waals surface area contributed by atoms with Crippen molar-refractivity contribution in [1.82, 2.24) is 10.6 Å². The van der Waals surface area contributed by atoms with Gasteiger partial charge in [-0.3, -0.25) is 15.1 Å². The van der Waals surface area contributed by atoms with Crippen molar-refractivity contribution in [2.75, 3.05) is 7.05 Å². The number of nitrogens with one attached hydrogen (secondary N) is 2. The first kappa shape index (κ1) is 11.6. The molecule has 0 saturated carbocycles. The van der Waals surface area contributed by atoms with Crippen LogP contribution >= 0.6 is 0 Å². The van der Waals surface area contributed by atoms with Crippen molar-refractivity contribution in [3.63, 3.8) is 0 Å². The Morgan fingerprint density at radius 2 is 2.00 bits per heavy atom. The minimum absolute atomic E-state index is 0.123. The van der Waals surface area contributed by atoms with E-state index < -0.39 is 5.54 Å². The van der Waals surface area contributed by atoms with E-state index in [0.29, 0.717) is 12.4 Å². The molecule has 2 N–H and O–H groups in total. The average molecular weight is 235 g/mol. The van der Waals surface area contributed by atoms with E-state index in [9.17, 15) is 9.18 Å². The topological polar surface area (TPSA) is 53.5 Å². The Morgan fingerprint density at radius 3 is 2.53 bits per heavy atom. The van der Waals surface area contributed by atoms with Gasteiger partial charge in [0.1, 0.15) is 11.4 Å². The van der Waals surface area contributed by atoms with Crippen LogP contribution in [0.4, 0.5) is 4.39 Å². The zero-order valence-corrected chi connectivity index (χ0v) is 9.75. The van der Waals surface area contributed by atoms with E-state index in [1.54, 1.807) is 26.1 Å². The Hall–Kier alpha value is -1.91. The molecule has 0 spiro atoms. The van der Waals surface area contributed by atoms with Crippen LogP contribution in [-0.2, 0) is 11.2 Å². The third-order valence-electron chi connectivity index (χ3n) is 2.82. The maximum absolute atomic E-state index is 12.8. The van der Waals surface area contributed by atoms with Crippen LogP contribution in [0.5, 0.6) is 0 Å². The van der Waals surface area contributed by atoms with Gasteiger partial charge in [0.05, 0.1) is 0 Å². The molecule has 0 bridgehead atoms. The summed E-state index contributed by atoms with van der Waals surface area (Å²) < 4.78 is 12.8. The van der Waals surface area contributed by atoms with Crippen molar-refractivity contribution in [3.05, 3.63) is 35.6 Å². The number of halogens is 1. The molecule has 1 aromatic carbocycles. The summed E-state index contributed by atoms with van der Waals surface area (Å²) in [5.41, 5.74) is 0.168. The number of rotatable bonds is 2. The van der Waals surface area contributed by atoms with Gasteiger partial charge in [-0.2, -0.15) is 0 Å². The number of nitrogens with zero attached hydrogens (tertiary/aromatic N) is 1. The smallest absolute Gasteiger partial charge is 0.252 e. The Balaban J connectivity index is 2.18. The van der Waals surface area contributed by atoms with E-state index in [-0.39, 0.29) is 11.7 Å². The van der Waals surface area contributed by atoms with Gasteiger partial charge in [0.15, 0.2) is 5.96 Å². The number of guanidine groups is 1. The summed E-state index contributed by atoms with van der Waals surface area (Å²) in [5, 5.41) is 5.68. The van der Waals surface area contributed by atoms with Gasteiger partial charge in [0.25, 0.3) is 5.91 Å². The highest BCUT2D eigenvalue weighted by atomic mass is 19.1. The molecule has 1 saturated heterocycles. The quantitative estimate of drug-likeness (QED) is 0.797. The molecule has 1 heterocycles. The third-order valence-corrected chi connectivity index (χ3v) is 2.82. The van der Waals surface area contributed by atoms with Gasteiger partial charge < -0.3 is 5.32 Å². The predicted octanol–water partition coefficient (Wildman–Crippen LogP) is 0.832. The van der Waals surface area contributed by atoms with Gasteiger partial charge in [0.2, 0.25) is 0 Å². The standard InChI is InChI=1S/C12H14FN3O/c1-12(10(17)15-11(14-2)16-12)7-8-3-5-9(13)6-4-8/h3-6H,7H2,1-2H3,(H2,14,15,16,17). The average Bonchev–Trinajstić information content (AvgIpc) is 2.58. The lowest BCUT2D eigenvalue weighted by atomic mass is 9.93. The van der Waals surface area contributed by atoms with Gasteiger partial charge >= 0.3 is 0 Å². The van der Waals surface area contributed by atoms with Crippen LogP contribution < -0.4 is 10.6 Å². The van der Waals surface area contributed by atoms with E-state index in [1.807, 2.05) is 0 Å². The molecule has 17 heavy (non-hydrogen) atoms. The molecule has 1 amide bonds. The van der Waals surface area contributed by atoms with E-state index in [0.717, 1.165) is 5.56 Å². The molecular weight excluding hydrogens is 221 g/mol. The maximum atomic E-state index is 12.8. The summed E-state index contributed by atoms with van der Waals surface area (Å²) in [4.78, 5) is 15.7. The summed E-state index contributed by atoms with van der Waals surface area (Å²) in [7, 11) is 1.60. The van der Waals surface area contributed by atoms with E-state index >= 15 is 0 Å². The molecule has 1 unspecified atom stereocenters. The van der Waals surface area contributed by atoms with Crippen LogP contribution in [0.2, 0.25) is 0 Å². The summed E-state index contributed by atoms with van der Waals surface area (Å²) in [6, 6.07) is 6.13. The molecule has 4 nitrogen and oxygen atoms in total. The second kappa shape index (κ2) is 4.16. The zero-order valence-electron chi connectivity index (χ0n) is 9.75. The normalized spacial score (nSPS) is 25.8. The van der Waals surface area contributed by atoms with Crippen LogP contribution in [0.25, 0.3) is 0 Å². The Morgan fingerprint density at radius 1 is 1.35 bits per heavy atom. The lowest BCUT2D eigenvalue weighted by Gasteiger charge is -2.20. The van der Waals surface area contributed by atoms with E-state index in [4.69, 9.17) is 0 Å². The molecular formula is C12H14FN3O. The molecule has 1 fully saturated rings. The second-order valence-corrected chi connectivity index (χ2v) is 4.29. The molecule has 2 rings (SSSR count). The predicted molar refractivity (Wildman–Crippen MR) is 63.1 cm³/mol. The van der Waals surface area contributed by atoms with Crippen molar-refractivity contribution in [2.24, 2.45) is 4.99 Å². The number of amides is 1. The Labute approximate surface area is 98.9 Å². The number of carbonyl (C=O) groups excluding carboxylic acids is 1. The number of aliphatic imine (C=N–C) groups is 1. The first-order chi connectivity index (χ1) is 8.03. The highest BCUT2D eigenvalue weighted by molar-refractivity contribution is 6.08. The lowest BCUT2D eigenvalue weighted by Crippen LogP contribution is -2.45. The summed E-state index contributed by atoms with van der Waals surface area (Å²) >= 11 is 0. The maximum Gasteiger partial charge on any atom is 0.252 e. The molecule has 5 heteroatoms. The molecule has 1 atom stereocenters. The van der Waals surface area contributed by atoms with E-state index in [1.165, 1.54) is 12.1 Å². The number of hydrogen-bond donors (Lipinski definition) is 2. The fourth-order valence-corrected chi connectivity index (χ4v) is 1.84. The van der Waals surface area contributed by atoms with Gasteiger partial charge in [-0.15, -0.1) is 0 Å². The highest BCUT2D eigenvalue weighted by Gasteiger charge is 2.40. The summed E-state index contributed by atoms with van der Waals surface area (Å²) in [6.45, 7) is 1.80. The molecule has 0 aromatic heterocycles. The van der Waals surface area contributed by atoms with Gasteiger partial charge in [0, 0.05) is 13.5 Å². The third kappa shape index (κ3) is 2.27. The van der Waals surface area contributed by atoms with Crippen LogP contribution in [0.3, 0.4) is 0 Å². The van der Waals surface area contributed by atoms with Crippen molar-refractivity contribution < 1.29 is 9.18 Å². The molecule has 1 aliphatic heterocycles. The largest absolute Gasteiger partial charge is 0.342 e. The van der Waals surface area contributed by atoms with Crippen molar-refractivity contribution in [2.45, 2.75) is 18.9 Å². The van der Waals surface area contributed by atoms with Crippen molar-refractivity contribution in [3.8, 4) is 0 Å². The highest BCUT2D eigenvalue weighted by Crippen LogP contribution is 2.17. The van der Waals surface area contributed by atoms with Crippen LogP contribution in [0.15, 0.2) is 29.3 Å². The van der Waals surface area contributed by atoms with Gasteiger partial charge in [-0.25, -0.2) is 4.39 Å². The molecule has 1 aromatic rings. The minimum Gasteiger partial charge on any atom is -0.342 e.